The van der Waals surface area contributed by atoms with E-state index in [9.17, 15) is 19.0 Å². The second-order valence-corrected chi connectivity index (χ2v) is 6.50. The zero-order chi connectivity index (χ0) is 16.0. The molecule has 0 fully saturated rings. The predicted octanol–water partition coefficient (Wildman–Crippen LogP) is 1.66. The molecule has 3 atom stereocenters. The third-order valence-corrected chi connectivity index (χ3v) is 4.69. The number of carboxylic acids is 2. The quantitative estimate of drug-likeness (QED) is 0.616. The average molecular weight is 317 g/mol. The largest absolute Gasteiger partial charge is 0.481 e. The van der Waals surface area contributed by atoms with Crippen molar-refractivity contribution < 1.29 is 33.8 Å². The minimum atomic E-state index is -4.28. The molecular formula is C12H16NO7P. The number of rotatable bonds is 8. The maximum absolute atomic E-state index is 12.2. The van der Waals surface area contributed by atoms with Crippen LogP contribution in [-0.2, 0) is 18.7 Å². The number of hydrogen-bond acceptors (Lipinski definition) is 5. The van der Waals surface area contributed by atoms with Crippen molar-refractivity contribution in [1.82, 2.24) is 4.98 Å². The number of aromatic nitrogens is 1. The molecule has 0 aliphatic heterocycles. The van der Waals surface area contributed by atoms with E-state index in [1.165, 1.54) is 31.5 Å². The van der Waals surface area contributed by atoms with Crippen LogP contribution in [-0.4, -0.2) is 38.1 Å². The normalized spacial score (nSPS) is 16.7. The van der Waals surface area contributed by atoms with E-state index >= 15 is 0 Å². The van der Waals surface area contributed by atoms with Crippen molar-refractivity contribution in [1.29, 1.82) is 0 Å². The molecule has 3 unspecified atom stereocenters. The van der Waals surface area contributed by atoms with Gasteiger partial charge in [0.2, 0.25) is 0 Å². The molecule has 1 heterocycles. The molecule has 0 aromatic carbocycles. The summed E-state index contributed by atoms with van der Waals surface area (Å²) < 4.78 is 17.0. The predicted molar refractivity (Wildman–Crippen MR) is 71.9 cm³/mol. The van der Waals surface area contributed by atoms with Crippen molar-refractivity contribution in [2.24, 2.45) is 0 Å². The molecule has 0 amide bonds. The number of pyridine rings is 1. The highest BCUT2D eigenvalue weighted by molar-refractivity contribution is 7.53. The summed E-state index contributed by atoms with van der Waals surface area (Å²) in [6.45, 7) is 1.42. The number of nitrogens with zero attached hydrogens (tertiary/aromatic N) is 1. The zero-order valence-corrected chi connectivity index (χ0v) is 12.1. The SMILES string of the molecule is CC(c1ccncc1)P(=O)(O)OC(CCC(=O)O)C(=O)O. The minimum Gasteiger partial charge on any atom is -0.481 e. The van der Waals surface area contributed by atoms with Gasteiger partial charge in [0.15, 0.2) is 6.10 Å². The summed E-state index contributed by atoms with van der Waals surface area (Å²) in [7, 11) is -4.28. The Bertz CT molecular complexity index is 548. The minimum absolute atomic E-state index is 0.391. The van der Waals surface area contributed by atoms with Gasteiger partial charge in [-0.25, -0.2) is 4.79 Å². The van der Waals surface area contributed by atoms with Gasteiger partial charge < -0.3 is 15.1 Å². The van der Waals surface area contributed by atoms with Gasteiger partial charge in [-0.1, -0.05) is 0 Å². The Morgan fingerprint density at radius 3 is 2.38 bits per heavy atom. The van der Waals surface area contributed by atoms with Gasteiger partial charge in [0.25, 0.3) is 0 Å². The van der Waals surface area contributed by atoms with Gasteiger partial charge in [0.1, 0.15) is 0 Å². The van der Waals surface area contributed by atoms with Crippen LogP contribution in [0.5, 0.6) is 0 Å². The Morgan fingerprint density at radius 2 is 1.90 bits per heavy atom. The first-order valence-electron chi connectivity index (χ1n) is 6.09. The average Bonchev–Trinajstić information content (AvgIpc) is 2.43. The summed E-state index contributed by atoms with van der Waals surface area (Å²) >= 11 is 0. The lowest BCUT2D eigenvalue weighted by atomic mass is 10.2. The smallest absolute Gasteiger partial charge is 0.336 e. The van der Waals surface area contributed by atoms with E-state index in [2.05, 4.69) is 4.98 Å². The molecule has 1 aromatic heterocycles. The molecular weight excluding hydrogens is 301 g/mol. The fraction of sp³-hybridized carbons (Fsp3) is 0.417. The van der Waals surface area contributed by atoms with Crippen LogP contribution in [0.3, 0.4) is 0 Å². The summed E-state index contributed by atoms with van der Waals surface area (Å²) in [5.41, 5.74) is -0.481. The molecule has 0 aliphatic carbocycles. The highest BCUT2D eigenvalue weighted by atomic mass is 31.2. The van der Waals surface area contributed by atoms with Crippen LogP contribution in [0.25, 0.3) is 0 Å². The van der Waals surface area contributed by atoms with Gasteiger partial charge in [-0.2, -0.15) is 0 Å². The van der Waals surface area contributed by atoms with Crippen molar-refractivity contribution in [2.75, 3.05) is 0 Å². The first-order valence-corrected chi connectivity index (χ1v) is 7.74. The van der Waals surface area contributed by atoms with Crippen LogP contribution in [0.1, 0.15) is 31.0 Å². The summed E-state index contributed by atoms with van der Waals surface area (Å²) in [5, 5.41) is 17.5. The Morgan fingerprint density at radius 1 is 1.33 bits per heavy atom. The Hall–Kier alpha value is -1.76. The first kappa shape index (κ1) is 17.3. The molecule has 0 radical (unpaired) electrons. The second kappa shape index (κ2) is 7.31. The fourth-order valence-electron chi connectivity index (χ4n) is 1.58. The third kappa shape index (κ3) is 5.26. The van der Waals surface area contributed by atoms with Gasteiger partial charge in [-0.3, -0.25) is 18.9 Å². The third-order valence-electron chi connectivity index (χ3n) is 2.85. The number of carboxylic acid groups (broad SMARTS) is 2. The maximum Gasteiger partial charge on any atom is 0.336 e. The van der Waals surface area contributed by atoms with Gasteiger partial charge in [-0.05, 0) is 31.0 Å². The molecule has 1 aromatic rings. The van der Waals surface area contributed by atoms with E-state index in [1.54, 1.807) is 0 Å². The molecule has 0 saturated heterocycles. The van der Waals surface area contributed by atoms with Crippen LogP contribution in [0.4, 0.5) is 0 Å². The van der Waals surface area contributed by atoms with E-state index in [1.807, 2.05) is 0 Å². The van der Waals surface area contributed by atoms with Gasteiger partial charge in [-0.15, -0.1) is 0 Å². The lowest BCUT2D eigenvalue weighted by molar-refractivity contribution is -0.146. The molecule has 0 bridgehead atoms. The van der Waals surface area contributed by atoms with E-state index in [4.69, 9.17) is 14.7 Å². The highest BCUT2D eigenvalue weighted by Gasteiger charge is 2.35. The first-order chi connectivity index (χ1) is 9.74. The van der Waals surface area contributed by atoms with E-state index in [0.717, 1.165) is 0 Å². The van der Waals surface area contributed by atoms with Crippen molar-refractivity contribution in [3.8, 4) is 0 Å². The summed E-state index contributed by atoms with van der Waals surface area (Å²) in [5.74, 6) is -2.69. The lowest BCUT2D eigenvalue weighted by Crippen LogP contribution is -2.24. The van der Waals surface area contributed by atoms with E-state index in [0.29, 0.717) is 5.56 Å². The van der Waals surface area contributed by atoms with Gasteiger partial charge in [0.05, 0.1) is 5.66 Å². The molecule has 0 aliphatic rings. The Balaban J connectivity index is 2.83. The van der Waals surface area contributed by atoms with Crippen molar-refractivity contribution >= 4 is 19.5 Å². The molecule has 21 heavy (non-hydrogen) atoms. The number of carbonyl (C=O) groups is 2. The summed E-state index contributed by atoms with van der Waals surface area (Å²) in [6, 6.07) is 3.04. The van der Waals surface area contributed by atoms with Crippen molar-refractivity contribution in [3.63, 3.8) is 0 Å². The second-order valence-electron chi connectivity index (χ2n) is 4.39. The molecule has 3 N–H and O–H groups in total. The van der Waals surface area contributed by atoms with E-state index in [-0.39, 0.29) is 0 Å². The molecule has 8 nitrogen and oxygen atoms in total. The zero-order valence-electron chi connectivity index (χ0n) is 11.2. The summed E-state index contributed by atoms with van der Waals surface area (Å²) in [4.78, 5) is 35.1. The van der Waals surface area contributed by atoms with Crippen LogP contribution >= 0.6 is 7.60 Å². The topological polar surface area (TPSA) is 134 Å². The fourth-order valence-corrected chi connectivity index (χ4v) is 2.87. The lowest BCUT2D eigenvalue weighted by Gasteiger charge is -2.22. The van der Waals surface area contributed by atoms with Gasteiger partial charge in [0, 0.05) is 18.8 Å². The van der Waals surface area contributed by atoms with Crippen LogP contribution < -0.4 is 0 Å². The summed E-state index contributed by atoms with van der Waals surface area (Å²) in [6.07, 6.45) is 0.357. The molecule has 0 spiro atoms. The molecule has 0 saturated carbocycles. The highest BCUT2D eigenvalue weighted by Crippen LogP contribution is 2.57. The van der Waals surface area contributed by atoms with Crippen LogP contribution in [0, 0.1) is 0 Å². The van der Waals surface area contributed by atoms with E-state index < -0.39 is 44.1 Å². The van der Waals surface area contributed by atoms with Crippen molar-refractivity contribution in [2.45, 2.75) is 31.5 Å². The monoisotopic (exact) mass is 317 g/mol. The standard InChI is InChI=1S/C12H16NO7P/c1-8(9-4-6-13-7-5-9)21(18,19)20-10(12(16)17)2-3-11(14)15/h4-8,10H,2-3H2,1H3,(H,14,15)(H,16,17)(H,18,19). The molecule has 9 heteroatoms. The van der Waals surface area contributed by atoms with Crippen LogP contribution in [0.2, 0.25) is 0 Å². The molecule has 116 valence electrons. The van der Waals surface area contributed by atoms with Crippen LogP contribution in [0.15, 0.2) is 24.5 Å². The molecule has 1 rings (SSSR count). The number of hydrogen-bond donors (Lipinski definition) is 3. The Kier molecular flexibility index (Phi) is 6.02. The number of aliphatic carboxylic acids is 2. The van der Waals surface area contributed by atoms with Crippen molar-refractivity contribution in [3.05, 3.63) is 30.1 Å². The Labute approximate surface area is 120 Å². The maximum atomic E-state index is 12.2. The van der Waals surface area contributed by atoms with Gasteiger partial charge >= 0.3 is 19.5 Å².